The molecule has 0 aliphatic carbocycles. The van der Waals surface area contributed by atoms with E-state index in [9.17, 15) is 4.39 Å². The Balaban J connectivity index is 2.32. The highest BCUT2D eigenvalue weighted by atomic mass is 19.1. The van der Waals surface area contributed by atoms with Crippen molar-refractivity contribution in [2.45, 2.75) is 19.9 Å². The third-order valence-corrected chi connectivity index (χ3v) is 2.91. The lowest BCUT2D eigenvalue weighted by Gasteiger charge is -2.11. The molecule has 3 nitrogen and oxygen atoms in total. The van der Waals surface area contributed by atoms with Crippen LogP contribution >= 0.6 is 0 Å². The van der Waals surface area contributed by atoms with Crippen molar-refractivity contribution < 1.29 is 4.39 Å². The maximum atomic E-state index is 13.4. The predicted molar refractivity (Wildman–Crippen MR) is 70.6 cm³/mol. The molecule has 1 aromatic heterocycles. The lowest BCUT2D eigenvalue weighted by molar-refractivity contribution is 0.624. The topological polar surface area (TPSA) is 29.9 Å². The molecule has 0 aliphatic rings. The Morgan fingerprint density at radius 2 is 2.17 bits per heavy atom. The smallest absolute Gasteiger partial charge is 0.123 e. The lowest BCUT2D eigenvalue weighted by atomic mass is 10.0. The van der Waals surface area contributed by atoms with Gasteiger partial charge in [0, 0.05) is 25.4 Å². The van der Waals surface area contributed by atoms with Crippen molar-refractivity contribution in [2.24, 2.45) is 7.05 Å². The van der Waals surface area contributed by atoms with E-state index < -0.39 is 0 Å². The zero-order chi connectivity index (χ0) is 13.0. The Bertz CT molecular complexity index is 520. The Morgan fingerprint density at radius 1 is 1.33 bits per heavy atom. The zero-order valence-electron chi connectivity index (χ0n) is 10.8. The van der Waals surface area contributed by atoms with Crippen LogP contribution in [0.15, 0.2) is 30.5 Å². The Labute approximate surface area is 107 Å². The van der Waals surface area contributed by atoms with Gasteiger partial charge in [-0.05, 0) is 36.7 Å². The Kier molecular flexibility index (Phi) is 4.10. The van der Waals surface area contributed by atoms with Crippen LogP contribution < -0.4 is 5.32 Å². The van der Waals surface area contributed by atoms with Gasteiger partial charge >= 0.3 is 0 Å². The molecule has 0 radical (unpaired) electrons. The molecular weight excluding hydrogens is 229 g/mol. The lowest BCUT2D eigenvalue weighted by Crippen LogP contribution is -2.14. The van der Waals surface area contributed by atoms with Gasteiger partial charge in [-0.25, -0.2) is 4.39 Å². The summed E-state index contributed by atoms with van der Waals surface area (Å²) in [5.41, 5.74) is 2.93. The molecule has 0 unspecified atom stereocenters. The van der Waals surface area contributed by atoms with E-state index in [0.29, 0.717) is 0 Å². The van der Waals surface area contributed by atoms with Crippen LogP contribution in [-0.4, -0.2) is 16.3 Å². The average molecular weight is 247 g/mol. The standard InChI is InChI=1S/C14H18FN3/c1-3-7-16-10-11-4-5-12(15)9-13(11)14-6-8-17-18(14)2/h4-6,8-9,16H,3,7,10H2,1-2H3. The second-order valence-electron chi connectivity index (χ2n) is 4.32. The van der Waals surface area contributed by atoms with E-state index in [1.165, 1.54) is 6.07 Å². The maximum absolute atomic E-state index is 13.4. The highest BCUT2D eigenvalue weighted by Crippen LogP contribution is 2.24. The third-order valence-electron chi connectivity index (χ3n) is 2.91. The SMILES string of the molecule is CCCNCc1ccc(F)cc1-c1ccnn1C. The van der Waals surface area contributed by atoms with Crippen LogP contribution in [0.25, 0.3) is 11.3 Å². The van der Waals surface area contributed by atoms with Crippen LogP contribution in [0.2, 0.25) is 0 Å². The van der Waals surface area contributed by atoms with Crippen LogP contribution in [0.4, 0.5) is 4.39 Å². The van der Waals surface area contributed by atoms with Crippen molar-refractivity contribution in [1.82, 2.24) is 15.1 Å². The summed E-state index contributed by atoms with van der Waals surface area (Å²) in [4.78, 5) is 0. The molecule has 18 heavy (non-hydrogen) atoms. The predicted octanol–water partition coefficient (Wildman–Crippen LogP) is 2.73. The van der Waals surface area contributed by atoms with E-state index >= 15 is 0 Å². The fourth-order valence-electron chi connectivity index (χ4n) is 1.98. The summed E-state index contributed by atoms with van der Waals surface area (Å²) >= 11 is 0. The summed E-state index contributed by atoms with van der Waals surface area (Å²) < 4.78 is 15.2. The first kappa shape index (κ1) is 12.8. The fraction of sp³-hybridized carbons (Fsp3) is 0.357. The Morgan fingerprint density at radius 3 is 2.83 bits per heavy atom. The minimum atomic E-state index is -0.217. The molecule has 0 atom stereocenters. The molecule has 1 aromatic carbocycles. The van der Waals surface area contributed by atoms with Gasteiger partial charge in [-0.2, -0.15) is 5.10 Å². The summed E-state index contributed by atoms with van der Waals surface area (Å²) in [6.07, 6.45) is 2.81. The van der Waals surface area contributed by atoms with Gasteiger partial charge in [0.15, 0.2) is 0 Å². The van der Waals surface area contributed by atoms with Gasteiger partial charge in [0.25, 0.3) is 0 Å². The number of halogens is 1. The van der Waals surface area contributed by atoms with Crippen LogP contribution in [0, 0.1) is 5.82 Å². The van der Waals surface area contributed by atoms with Crippen LogP contribution in [0.5, 0.6) is 0 Å². The minimum Gasteiger partial charge on any atom is -0.313 e. The second-order valence-corrected chi connectivity index (χ2v) is 4.32. The fourth-order valence-corrected chi connectivity index (χ4v) is 1.98. The summed E-state index contributed by atoms with van der Waals surface area (Å²) in [7, 11) is 1.86. The molecule has 0 fully saturated rings. The first-order valence-corrected chi connectivity index (χ1v) is 6.20. The van der Waals surface area contributed by atoms with E-state index in [2.05, 4.69) is 17.3 Å². The van der Waals surface area contributed by atoms with E-state index in [4.69, 9.17) is 0 Å². The summed E-state index contributed by atoms with van der Waals surface area (Å²) in [6, 6.07) is 6.81. The monoisotopic (exact) mass is 247 g/mol. The number of rotatable bonds is 5. The molecule has 2 aromatic rings. The summed E-state index contributed by atoms with van der Waals surface area (Å²) in [5.74, 6) is -0.217. The van der Waals surface area contributed by atoms with Crippen molar-refractivity contribution in [3.8, 4) is 11.3 Å². The average Bonchev–Trinajstić information content (AvgIpc) is 2.77. The maximum Gasteiger partial charge on any atom is 0.123 e. The number of hydrogen-bond acceptors (Lipinski definition) is 2. The molecule has 1 N–H and O–H groups in total. The molecule has 0 aliphatic heterocycles. The van der Waals surface area contributed by atoms with Gasteiger partial charge in [0.05, 0.1) is 5.69 Å². The summed E-state index contributed by atoms with van der Waals surface area (Å²) in [5, 5.41) is 7.47. The normalized spacial score (nSPS) is 10.8. The first-order valence-electron chi connectivity index (χ1n) is 6.20. The van der Waals surface area contributed by atoms with Gasteiger partial charge in [0.2, 0.25) is 0 Å². The number of aryl methyl sites for hydroxylation is 1. The molecule has 0 bridgehead atoms. The van der Waals surface area contributed by atoms with Crippen molar-refractivity contribution in [3.63, 3.8) is 0 Å². The number of nitrogens with zero attached hydrogens (tertiary/aromatic N) is 2. The second kappa shape index (κ2) is 5.78. The van der Waals surface area contributed by atoms with Crippen molar-refractivity contribution in [1.29, 1.82) is 0 Å². The number of benzene rings is 1. The van der Waals surface area contributed by atoms with E-state index in [-0.39, 0.29) is 5.82 Å². The van der Waals surface area contributed by atoms with Crippen molar-refractivity contribution in [3.05, 3.63) is 41.8 Å². The van der Waals surface area contributed by atoms with Crippen molar-refractivity contribution in [2.75, 3.05) is 6.54 Å². The van der Waals surface area contributed by atoms with E-state index in [1.807, 2.05) is 19.2 Å². The van der Waals surface area contributed by atoms with Gasteiger partial charge in [-0.15, -0.1) is 0 Å². The quantitative estimate of drug-likeness (QED) is 0.823. The first-order chi connectivity index (χ1) is 8.72. The number of nitrogens with one attached hydrogen (secondary N) is 1. The molecule has 0 amide bonds. The zero-order valence-corrected chi connectivity index (χ0v) is 10.8. The van der Waals surface area contributed by atoms with Gasteiger partial charge < -0.3 is 5.32 Å². The van der Waals surface area contributed by atoms with E-state index in [1.54, 1.807) is 16.9 Å². The highest BCUT2D eigenvalue weighted by Gasteiger charge is 2.09. The third kappa shape index (κ3) is 2.76. The van der Waals surface area contributed by atoms with Gasteiger partial charge in [0.1, 0.15) is 5.82 Å². The molecular formula is C14H18FN3. The van der Waals surface area contributed by atoms with Gasteiger partial charge in [-0.3, -0.25) is 4.68 Å². The minimum absolute atomic E-state index is 0.217. The van der Waals surface area contributed by atoms with Crippen molar-refractivity contribution >= 4 is 0 Å². The molecule has 96 valence electrons. The van der Waals surface area contributed by atoms with E-state index in [0.717, 1.165) is 36.3 Å². The molecule has 0 saturated carbocycles. The molecule has 0 saturated heterocycles. The largest absolute Gasteiger partial charge is 0.313 e. The molecule has 0 spiro atoms. The van der Waals surface area contributed by atoms with Crippen LogP contribution in [0.1, 0.15) is 18.9 Å². The number of aromatic nitrogens is 2. The molecule has 1 heterocycles. The summed E-state index contributed by atoms with van der Waals surface area (Å²) in [6.45, 7) is 3.83. The highest BCUT2D eigenvalue weighted by molar-refractivity contribution is 5.63. The number of hydrogen-bond donors (Lipinski definition) is 1. The molecule has 4 heteroatoms. The molecule has 2 rings (SSSR count). The van der Waals surface area contributed by atoms with Gasteiger partial charge in [-0.1, -0.05) is 13.0 Å². The van der Waals surface area contributed by atoms with Crippen LogP contribution in [0.3, 0.4) is 0 Å². The Hall–Kier alpha value is -1.68. The van der Waals surface area contributed by atoms with Crippen LogP contribution in [-0.2, 0) is 13.6 Å².